The van der Waals surface area contributed by atoms with Crippen molar-refractivity contribution in [3.05, 3.63) is 29.3 Å². The van der Waals surface area contributed by atoms with E-state index in [1.807, 2.05) is 25.1 Å². The second-order valence-corrected chi connectivity index (χ2v) is 5.14. The standard InChI is InChI=1S/C12H15NO3S/c1-7-3-4-8(5-10(7)16-2)11-13-9(6-17-11)12(14)15/h3-5,9,11,13H,6H2,1-2H3,(H,14,15)/t9-,11-/m0/s1. The summed E-state index contributed by atoms with van der Waals surface area (Å²) in [5.74, 6) is 0.638. The van der Waals surface area contributed by atoms with Gasteiger partial charge >= 0.3 is 5.97 Å². The van der Waals surface area contributed by atoms with Gasteiger partial charge in [-0.25, -0.2) is 0 Å². The number of benzene rings is 1. The van der Waals surface area contributed by atoms with Gasteiger partial charge in [-0.05, 0) is 24.1 Å². The Bertz CT molecular complexity index is 436. The van der Waals surface area contributed by atoms with E-state index >= 15 is 0 Å². The second kappa shape index (κ2) is 4.98. The van der Waals surface area contributed by atoms with Crippen molar-refractivity contribution in [2.24, 2.45) is 0 Å². The van der Waals surface area contributed by atoms with Crippen LogP contribution in [-0.2, 0) is 4.79 Å². The Morgan fingerprint density at radius 2 is 2.35 bits per heavy atom. The molecule has 1 aromatic rings. The van der Waals surface area contributed by atoms with Gasteiger partial charge in [-0.2, -0.15) is 0 Å². The highest BCUT2D eigenvalue weighted by Crippen LogP contribution is 2.35. The van der Waals surface area contributed by atoms with Crippen molar-refractivity contribution in [1.29, 1.82) is 0 Å². The first-order chi connectivity index (χ1) is 8.11. The number of carbonyl (C=O) groups is 1. The van der Waals surface area contributed by atoms with Crippen LogP contribution in [0, 0.1) is 6.92 Å². The normalized spacial score (nSPS) is 23.6. The molecule has 1 heterocycles. The Balaban J connectivity index is 2.16. The van der Waals surface area contributed by atoms with Gasteiger partial charge in [0, 0.05) is 5.75 Å². The number of thioether (sulfide) groups is 1. The van der Waals surface area contributed by atoms with E-state index in [0.717, 1.165) is 16.9 Å². The van der Waals surface area contributed by atoms with Crippen molar-refractivity contribution >= 4 is 17.7 Å². The predicted molar refractivity (Wildman–Crippen MR) is 67.5 cm³/mol. The molecule has 2 rings (SSSR count). The zero-order valence-electron chi connectivity index (χ0n) is 9.77. The van der Waals surface area contributed by atoms with Gasteiger partial charge in [-0.15, -0.1) is 11.8 Å². The second-order valence-electron chi connectivity index (χ2n) is 4.00. The van der Waals surface area contributed by atoms with Gasteiger partial charge < -0.3 is 9.84 Å². The number of hydrogen-bond acceptors (Lipinski definition) is 4. The van der Waals surface area contributed by atoms with Gasteiger partial charge in [0.05, 0.1) is 12.5 Å². The van der Waals surface area contributed by atoms with E-state index in [4.69, 9.17) is 9.84 Å². The minimum atomic E-state index is -0.793. The smallest absolute Gasteiger partial charge is 0.321 e. The molecule has 0 spiro atoms. The summed E-state index contributed by atoms with van der Waals surface area (Å²) in [5.41, 5.74) is 2.13. The van der Waals surface area contributed by atoms with Crippen LogP contribution in [0.25, 0.3) is 0 Å². The summed E-state index contributed by atoms with van der Waals surface area (Å²) in [5, 5.41) is 12.0. The number of carboxylic acid groups (broad SMARTS) is 1. The van der Waals surface area contributed by atoms with Gasteiger partial charge in [0.15, 0.2) is 0 Å². The zero-order valence-corrected chi connectivity index (χ0v) is 10.6. The lowest BCUT2D eigenvalue weighted by Crippen LogP contribution is -2.33. The molecule has 0 unspecified atom stereocenters. The molecule has 0 amide bonds. The first-order valence-electron chi connectivity index (χ1n) is 5.37. The molecule has 17 heavy (non-hydrogen) atoms. The zero-order chi connectivity index (χ0) is 12.4. The van der Waals surface area contributed by atoms with Crippen molar-refractivity contribution in [2.45, 2.75) is 18.3 Å². The molecule has 0 saturated carbocycles. The molecular weight excluding hydrogens is 238 g/mol. The van der Waals surface area contributed by atoms with Crippen LogP contribution in [0.15, 0.2) is 18.2 Å². The minimum Gasteiger partial charge on any atom is -0.496 e. The molecule has 1 fully saturated rings. The number of ether oxygens (including phenoxy) is 1. The van der Waals surface area contributed by atoms with Crippen molar-refractivity contribution in [1.82, 2.24) is 5.32 Å². The van der Waals surface area contributed by atoms with Gasteiger partial charge in [0.1, 0.15) is 11.8 Å². The van der Waals surface area contributed by atoms with Crippen LogP contribution < -0.4 is 10.1 Å². The van der Waals surface area contributed by atoms with E-state index in [-0.39, 0.29) is 5.37 Å². The fourth-order valence-corrected chi connectivity index (χ4v) is 3.03. The lowest BCUT2D eigenvalue weighted by molar-refractivity contribution is -0.138. The number of aryl methyl sites for hydroxylation is 1. The Morgan fingerprint density at radius 1 is 1.59 bits per heavy atom. The van der Waals surface area contributed by atoms with Crippen molar-refractivity contribution in [3.63, 3.8) is 0 Å². The number of nitrogens with one attached hydrogen (secondary N) is 1. The van der Waals surface area contributed by atoms with Crippen LogP contribution in [-0.4, -0.2) is 30.0 Å². The Morgan fingerprint density at radius 3 is 2.94 bits per heavy atom. The molecule has 2 atom stereocenters. The summed E-state index contributed by atoms with van der Waals surface area (Å²) in [6.07, 6.45) is 0. The molecule has 1 aromatic carbocycles. The molecule has 1 aliphatic rings. The third-order valence-electron chi connectivity index (χ3n) is 2.82. The topological polar surface area (TPSA) is 58.6 Å². The molecule has 1 aliphatic heterocycles. The van der Waals surface area contributed by atoms with Crippen LogP contribution in [0.1, 0.15) is 16.5 Å². The minimum absolute atomic E-state index is 0.0330. The maximum Gasteiger partial charge on any atom is 0.321 e. The number of carboxylic acids is 1. The Hall–Kier alpha value is -1.20. The first kappa shape index (κ1) is 12.3. The maximum absolute atomic E-state index is 10.9. The van der Waals surface area contributed by atoms with Crippen molar-refractivity contribution in [2.75, 3.05) is 12.9 Å². The molecule has 5 heteroatoms. The number of aliphatic carboxylic acids is 1. The fraction of sp³-hybridized carbons (Fsp3) is 0.417. The molecule has 0 aromatic heterocycles. The largest absolute Gasteiger partial charge is 0.496 e. The highest BCUT2D eigenvalue weighted by Gasteiger charge is 2.30. The lowest BCUT2D eigenvalue weighted by Gasteiger charge is -2.13. The molecule has 1 saturated heterocycles. The predicted octanol–water partition coefficient (Wildman–Crippen LogP) is 1.79. The summed E-state index contributed by atoms with van der Waals surface area (Å²) in [6.45, 7) is 1.98. The summed E-state index contributed by atoms with van der Waals surface area (Å²) in [7, 11) is 1.64. The number of hydrogen-bond donors (Lipinski definition) is 2. The van der Waals surface area contributed by atoms with Gasteiger partial charge in [0.2, 0.25) is 0 Å². The van der Waals surface area contributed by atoms with E-state index in [1.54, 1.807) is 18.9 Å². The SMILES string of the molecule is COc1cc([C@H]2N[C@H](C(=O)O)CS2)ccc1C. The summed E-state index contributed by atoms with van der Waals surface area (Å²) in [4.78, 5) is 10.9. The highest BCUT2D eigenvalue weighted by molar-refractivity contribution is 7.99. The molecule has 0 radical (unpaired) electrons. The number of rotatable bonds is 3. The monoisotopic (exact) mass is 253 g/mol. The summed E-state index contributed by atoms with van der Waals surface area (Å²) < 4.78 is 5.27. The van der Waals surface area contributed by atoms with E-state index in [1.165, 1.54) is 0 Å². The van der Waals surface area contributed by atoms with Gasteiger partial charge in [-0.3, -0.25) is 10.1 Å². The van der Waals surface area contributed by atoms with Gasteiger partial charge in [0.25, 0.3) is 0 Å². The van der Waals surface area contributed by atoms with E-state index < -0.39 is 12.0 Å². The molecular formula is C12H15NO3S. The van der Waals surface area contributed by atoms with Crippen LogP contribution in [0.4, 0.5) is 0 Å². The van der Waals surface area contributed by atoms with Crippen LogP contribution in [0.3, 0.4) is 0 Å². The summed E-state index contributed by atoms with van der Waals surface area (Å²) >= 11 is 1.61. The molecule has 2 N–H and O–H groups in total. The Kier molecular flexibility index (Phi) is 3.59. The summed E-state index contributed by atoms with van der Waals surface area (Å²) in [6, 6.07) is 5.50. The van der Waals surface area contributed by atoms with Crippen LogP contribution >= 0.6 is 11.8 Å². The molecule has 4 nitrogen and oxygen atoms in total. The average molecular weight is 253 g/mol. The molecule has 0 bridgehead atoms. The van der Waals surface area contributed by atoms with Crippen molar-refractivity contribution < 1.29 is 14.6 Å². The number of methoxy groups -OCH3 is 1. The highest BCUT2D eigenvalue weighted by atomic mass is 32.2. The molecule has 92 valence electrons. The lowest BCUT2D eigenvalue weighted by atomic mass is 10.1. The maximum atomic E-state index is 10.9. The first-order valence-corrected chi connectivity index (χ1v) is 6.41. The van der Waals surface area contributed by atoms with Crippen LogP contribution in [0.5, 0.6) is 5.75 Å². The van der Waals surface area contributed by atoms with E-state index in [0.29, 0.717) is 5.75 Å². The third-order valence-corrected chi connectivity index (χ3v) is 4.08. The van der Waals surface area contributed by atoms with Crippen molar-refractivity contribution in [3.8, 4) is 5.75 Å². The van der Waals surface area contributed by atoms with E-state index in [2.05, 4.69) is 5.32 Å². The fourth-order valence-electron chi connectivity index (χ4n) is 1.81. The Labute approximate surface area is 104 Å². The quantitative estimate of drug-likeness (QED) is 0.860. The average Bonchev–Trinajstić information content (AvgIpc) is 2.79. The van der Waals surface area contributed by atoms with Gasteiger partial charge in [-0.1, -0.05) is 12.1 Å². The molecule has 0 aliphatic carbocycles. The van der Waals surface area contributed by atoms with Crippen LogP contribution in [0.2, 0.25) is 0 Å². The third kappa shape index (κ3) is 2.56. The van der Waals surface area contributed by atoms with E-state index in [9.17, 15) is 4.79 Å².